The number of hydrogen-bond acceptors (Lipinski definition) is 3. The lowest BCUT2D eigenvalue weighted by molar-refractivity contribution is -0.384. The minimum atomic E-state index is -0.341. The van der Waals surface area contributed by atoms with Gasteiger partial charge in [0.15, 0.2) is 0 Å². The summed E-state index contributed by atoms with van der Waals surface area (Å²) in [6, 6.07) is 5.58. The first kappa shape index (κ1) is 13.8. The highest BCUT2D eigenvalue weighted by Crippen LogP contribution is 2.25. The molecule has 0 bridgehead atoms. The molecule has 1 aliphatic rings. The van der Waals surface area contributed by atoms with Gasteiger partial charge in [0.2, 0.25) is 0 Å². The molecular formula is C15H22N2O2. The SMILES string of the molecule is Cc1cc([N+](=O)[O-])ccc1NC1CCCCCCC1. The molecule has 1 saturated carbocycles. The van der Waals surface area contributed by atoms with Gasteiger partial charge < -0.3 is 5.32 Å². The molecule has 0 radical (unpaired) electrons. The average molecular weight is 262 g/mol. The standard InChI is InChI=1S/C15H22N2O2/c1-12-11-14(17(18)19)9-10-15(12)16-13-7-5-3-2-4-6-8-13/h9-11,13,16H,2-8H2,1H3. The Kier molecular flexibility index (Phi) is 4.77. The maximum Gasteiger partial charge on any atom is 0.269 e. The van der Waals surface area contributed by atoms with Gasteiger partial charge in [0.25, 0.3) is 5.69 Å². The summed E-state index contributed by atoms with van der Waals surface area (Å²) in [6.45, 7) is 1.93. The predicted molar refractivity (Wildman–Crippen MR) is 77.6 cm³/mol. The van der Waals surface area contributed by atoms with Crippen LogP contribution >= 0.6 is 0 Å². The van der Waals surface area contributed by atoms with E-state index in [0.29, 0.717) is 6.04 Å². The van der Waals surface area contributed by atoms with Crippen LogP contribution in [0.25, 0.3) is 0 Å². The number of aryl methyl sites for hydroxylation is 1. The van der Waals surface area contributed by atoms with Gasteiger partial charge in [-0.1, -0.05) is 32.1 Å². The minimum Gasteiger partial charge on any atom is -0.382 e. The van der Waals surface area contributed by atoms with Crippen molar-refractivity contribution in [1.82, 2.24) is 0 Å². The summed E-state index contributed by atoms with van der Waals surface area (Å²) in [4.78, 5) is 10.4. The number of nitro benzene ring substituents is 1. The third-order valence-corrected chi connectivity index (χ3v) is 3.89. The first-order valence-corrected chi connectivity index (χ1v) is 7.18. The van der Waals surface area contributed by atoms with E-state index in [4.69, 9.17) is 0 Å². The smallest absolute Gasteiger partial charge is 0.269 e. The van der Waals surface area contributed by atoms with E-state index in [1.165, 1.54) is 44.9 Å². The highest BCUT2D eigenvalue weighted by molar-refractivity contribution is 5.55. The van der Waals surface area contributed by atoms with Gasteiger partial charge in [0.1, 0.15) is 0 Å². The second kappa shape index (κ2) is 6.55. The summed E-state index contributed by atoms with van der Waals surface area (Å²) in [5.74, 6) is 0. The van der Waals surface area contributed by atoms with Gasteiger partial charge in [0, 0.05) is 23.9 Å². The number of nitro groups is 1. The Hall–Kier alpha value is -1.58. The van der Waals surface area contributed by atoms with Gasteiger partial charge in [-0.05, 0) is 31.4 Å². The minimum absolute atomic E-state index is 0.167. The lowest BCUT2D eigenvalue weighted by Gasteiger charge is -2.23. The van der Waals surface area contributed by atoms with E-state index in [-0.39, 0.29) is 10.6 Å². The van der Waals surface area contributed by atoms with Crippen molar-refractivity contribution in [2.24, 2.45) is 0 Å². The first-order valence-electron chi connectivity index (χ1n) is 7.18. The number of rotatable bonds is 3. The Labute approximate surface area is 114 Å². The Bertz CT molecular complexity index is 438. The molecule has 1 aromatic carbocycles. The van der Waals surface area contributed by atoms with E-state index in [1.807, 2.05) is 13.0 Å². The zero-order valence-electron chi connectivity index (χ0n) is 11.5. The molecule has 1 fully saturated rings. The molecule has 1 aliphatic carbocycles. The molecule has 0 atom stereocenters. The molecule has 104 valence electrons. The fourth-order valence-electron chi connectivity index (χ4n) is 2.74. The largest absolute Gasteiger partial charge is 0.382 e. The van der Waals surface area contributed by atoms with Crippen molar-refractivity contribution in [3.8, 4) is 0 Å². The molecule has 4 nitrogen and oxygen atoms in total. The highest BCUT2D eigenvalue weighted by atomic mass is 16.6. The van der Waals surface area contributed by atoms with Gasteiger partial charge in [-0.3, -0.25) is 10.1 Å². The van der Waals surface area contributed by atoms with E-state index < -0.39 is 0 Å². The Balaban J connectivity index is 2.03. The summed E-state index contributed by atoms with van der Waals surface area (Å²) in [7, 11) is 0. The summed E-state index contributed by atoms with van der Waals surface area (Å²) in [6.07, 6.45) is 9.00. The quantitative estimate of drug-likeness (QED) is 0.647. The zero-order chi connectivity index (χ0) is 13.7. The number of benzene rings is 1. The lowest BCUT2D eigenvalue weighted by atomic mass is 9.96. The molecule has 0 aliphatic heterocycles. The van der Waals surface area contributed by atoms with Crippen molar-refractivity contribution >= 4 is 11.4 Å². The van der Waals surface area contributed by atoms with Crippen LogP contribution in [0.1, 0.15) is 50.5 Å². The Morgan fingerprint density at radius 2 is 1.79 bits per heavy atom. The van der Waals surface area contributed by atoms with Gasteiger partial charge in [0.05, 0.1) is 4.92 Å². The number of hydrogen-bond donors (Lipinski definition) is 1. The average Bonchev–Trinajstić information content (AvgIpc) is 2.34. The van der Waals surface area contributed by atoms with E-state index >= 15 is 0 Å². The fourth-order valence-corrected chi connectivity index (χ4v) is 2.74. The maximum absolute atomic E-state index is 10.7. The number of anilines is 1. The third-order valence-electron chi connectivity index (χ3n) is 3.89. The summed E-state index contributed by atoms with van der Waals surface area (Å²) in [5, 5.41) is 14.3. The van der Waals surface area contributed by atoms with E-state index in [2.05, 4.69) is 5.32 Å². The van der Waals surface area contributed by atoms with Crippen LogP contribution in [0, 0.1) is 17.0 Å². The third kappa shape index (κ3) is 3.94. The molecular weight excluding hydrogens is 240 g/mol. The van der Waals surface area contributed by atoms with Crippen LogP contribution in [0.2, 0.25) is 0 Å². The van der Waals surface area contributed by atoms with Crippen molar-refractivity contribution in [3.05, 3.63) is 33.9 Å². The monoisotopic (exact) mass is 262 g/mol. The molecule has 0 spiro atoms. The number of nitrogens with zero attached hydrogens (tertiary/aromatic N) is 1. The molecule has 19 heavy (non-hydrogen) atoms. The van der Waals surface area contributed by atoms with Crippen molar-refractivity contribution in [2.75, 3.05) is 5.32 Å². The zero-order valence-corrected chi connectivity index (χ0v) is 11.5. The molecule has 4 heteroatoms. The molecule has 0 amide bonds. The van der Waals surface area contributed by atoms with Crippen LogP contribution in [0.4, 0.5) is 11.4 Å². The Morgan fingerprint density at radius 3 is 2.37 bits per heavy atom. The molecule has 0 heterocycles. The summed E-state index contributed by atoms with van der Waals surface area (Å²) >= 11 is 0. The van der Waals surface area contributed by atoms with Crippen molar-refractivity contribution in [1.29, 1.82) is 0 Å². The highest BCUT2D eigenvalue weighted by Gasteiger charge is 2.13. The lowest BCUT2D eigenvalue weighted by Crippen LogP contribution is -2.21. The van der Waals surface area contributed by atoms with Crippen LogP contribution < -0.4 is 5.32 Å². The first-order chi connectivity index (χ1) is 9.16. The van der Waals surface area contributed by atoms with Crippen LogP contribution in [-0.2, 0) is 0 Å². The van der Waals surface area contributed by atoms with Crippen molar-refractivity contribution < 1.29 is 4.92 Å². The van der Waals surface area contributed by atoms with Crippen molar-refractivity contribution in [2.45, 2.75) is 57.9 Å². The second-order valence-electron chi connectivity index (χ2n) is 5.44. The summed E-state index contributed by atoms with van der Waals surface area (Å²) < 4.78 is 0. The van der Waals surface area contributed by atoms with Crippen LogP contribution in [0.5, 0.6) is 0 Å². The van der Waals surface area contributed by atoms with Crippen LogP contribution in [-0.4, -0.2) is 11.0 Å². The molecule has 1 N–H and O–H groups in total. The number of non-ortho nitro benzene ring substituents is 1. The molecule has 1 aromatic rings. The van der Waals surface area contributed by atoms with E-state index in [1.54, 1.807) is 12.1 Å². The van der Waals surface area contributed by atoms with Crippen molar-refractivity contribution in [3.63, 3.8) is 0 Å². The van der Waals surface area contributed by atoms with Gasteiger partial charge in [-0.2, -0.15) is 0 Å². The molecule has 0 saturated heterocycles. The fraction of sp³-hybridized carbons (Fsp3) is 0.600. The van der Waals surface area contributed by atoms with Crippen LogP contribution in [0.15, 0.2) is 18.2 Å². The molecule has 0 unspecified atom stereocenters. The van der Waals surface area contributed by atoms with Gasteiger partial charge in [-0.25, -0.2) is 0 Å². The number of nitrogens with one attached hydrogen (secondary N) is 1. The van der Waals surface area contributed by atoms with E-state index in [0.717, 1.165) is 11.3 Å². The predicted octanol–water partition coefficient (Wildman–Crippen LogP) is 4.43. The van der Waals surface area contributed by atoms with E-state index in [9.17, 15) is 10.1 Å². The normalized spacial score (nSPS) is 17.5. The maximum atomic E-state index is 10.7. The Morgan fingerprint density at radius 1 is 1.16 bits per heavy atom. The van der Waals surface area contributed by atoms with Crippen LogP contribution in [0.3, 0.4) is 0 Å². The molecule has 2 rings (SSSR count). The second-order valence-corrected chi connectivity index (χ2v) is 5.44. The van der Waals surface area contributed by atoms with Gasteiger partial charge in [-0.15, -0.1) is 0 Å². The van der Waals surface area contributed by atoms with Gasteiger partial charge >= 0.3 is 0 Å². The topological polar surface area (TPSA) is 55.2 Å². The summed E-state index contributed by atoms with van der Waals surface area (Å²) in [5.41, 5.74) is 2.16. The molecule has 0 aromatic heterocycles.